The predicted octanol–water partition coefficient (Wildman–Crippen LogP) is 0.425. The highest BCUT2D eigenvalue weighted by Crippen LogP contribution is 2.26. The van der Waals surface area contributed by atoms with Crippen LogP contribution in [0.3, 0.4) is 0 Å². The van der Waals surface area contributed by atoms with Crippen LogP contribution in [0.25, 0.3) is 0 Å². The van der Waals surface area contributed by atoms with Gasteiger partial charge in [0.25, 0.3) is 0 Å². The maximum atomic E-state index is 12.4. The summed E-state index contributed by atoms with van der Waals surface area (Å²) < 4.78 is 25.7. The monoisotopic (exact) mass is 439 g/mol. The van der Waals surface area contributed by atoms with E-state index in [0.717, 1.165) is 19.4 Å². The molecule has 1 aromatic carbocycles. The summed E-state index contributed by atoms with van der Waals surface area (Å²) in [6, 6.07) is 7.62. The highest BCUT2D eigenvalue weighted by molar-refractivity contribution is 5.70. The van der Waals surface area contributed by atoms with Crippen molar-refractivity contribution in [2.75, 3.05) is 6.61 Å². The highest BCUT2D eigenvalue weighted by atomic mass is 16.7. The number of ether oxygens (including phenoxy) is 5. The SMILES string of the molecule is CC(=O)OC[C@H]1O[C@@H](O)[C@H](OC(C)=O)[C@@H](NC(=O)OCc2ccccc2)[C@@H]1OC(C)=O. The van der Waals surface area contributed by atoms with Crippen LogP contribution in [0.2, 0.25) is 0 Å². The molecule has 1 saturated heterocycles. The number of hydrogen-bond donors (Lipinski definition) is 2. The fourth-order valence-corrected chi connectivity index (χ4v) is 2.99. The van der Waals surface area contributed by atoms with Crippen LogP contribution in [-0.4, -0.2) is 66.4 Å². The first-order chi connectivity index (χ1) is 14.7. The Kier molecular flexibility index (Phi) is 8.76. The van der Waals surface area contributed by atoms with Gasteiger partial charge in [0.1, 0.15) is 25.4 Å². The van der Waals surface area contributed by atoms with E-state index in [1.165, 1.54) is 6.92 Å². The van der Waals surface area contributed by atoms with Gasteiger partial charge in [-0.2, -0.15) is 0 Å². The van der Waals surface area contributed by atoms with Crippen molar-refractivity contribution in [3.8, 4) is 0 Å². The molecule has 1 amide bonds. The minimum absolute atomic E-state index is 0.0498. The van der Waals surface area contributed by atoms with Crippen LogP contribution >= 0.6 is 0 Å². The third-order valence-electron chi connectivity index (χ3n) is 4.22. The van der Waals surface area contributed by atoms with E-state index in [0.29, 0.717) is 0 Å². The zero-order valence-electron chi connectivity index (χ0n) is 17.3. The Hall–Kier alpha value is -3.18. The fraction of sp³-hybridized carbons (Fsp3) is 0.500. The molecule has 1 aliphatic rings. The Morgan fingerprint density at radius 2 is 1.55 bits per heavy atom. The van der Waals surface area contributed by atoms with Crippen molar-refractivity contribution in [3.63, 3.8) is 0 Å². The maximum absolute atomic E-state index is 12.4. The zero-order valence-corrected chi connectivity index (χ0v) is 17.3. The number of esters is 3. The van der Waals surface area contributed by atoms with E-state index in [1.54, 1.807) is 24.3 Å². The van der Waals surface area contributed by atoms with Crippen LogP contribution < -0.4 is 5.32 Å². The lowest BCUT2D eigenvalue weighted by atomic mass is 9.95. The van der Waals surface area contributed by atoms with Gasteiger partial charge in [0.05, 0.1) is 0 Å². The number of hydrogen-bond acceptors (Lipinski definition) is 10. The molecule has 5 atom stereocenters. The minimum atomic E-state index is -1.70. The van der Waals surface area contributed by atoms with Crippen LogP contribution in [0.4, 0.5) is 4.79 Å². The van der Waals surface area contributed by atoms with Gasteiger partial charge < -0.3 is 34.1 Å². The molecule has 0 bridgehead atoms. The molecule has 1 fully saturated rings. The molecule has 0 aromatic heterocycles. The molecule has 0 aliphatic carbocycles. The molecule has 1 aromatic rings. The van der Waals surface area contributed by atoms with E-state index in [9.17, 15) is 24.3 Å². The van der Waals surface area contributed by atoms with Crippen LogP contribution in [0, 0.1) is 0 Å². The Morgan fingerprint density at radius 3 is 2.13 bits per heavy atom. The van der Waals surface area contributed by atoms with E-state index in [-0.39, 0.29) is 13.2 Å². The molecule has 0 radical (unpaired) electrons. The lowest BCUT2D eigenvalue weighted by molar-refractivity contribution is -0.270. The van der Waals surface area contributed by atoms with Crippen LogP contribution in [0.15, 0.2) is 30.3 Å². The standard InChI is InChI=1S/C20H25NO10/c1-11(22)27-10-15-17(29-12(2)23)16(18(19(25)31-15)30-13(3)24)21-20(26)28-9-14-7-5-4-6-8-14/h4-8,15-19,25H,9-10H2,1-3H3,(H,21,26)/t15-,16+,17-,18-,19-/m1/s1. The van der Waals surface area contributed by atoms with Gasteiger partial charge >= 0.3 is 24.0 Å². The predicted molar refractivity (Wildman–Crippen MR) is 102 cm³/mol. The van der Waals surface area contributed by atoms with Crippen LogP contribution in [0.5, 0.6) is 0 Å². The number of nitrogens with one attached hydrogen (secondary N) is 1. The Labute approximate surface area is 178 Å². The van der Waals surface area contributed by atoms with Gasteiger partial charge in [-0.25, -0.2) is 4.79 Å². The smallest absolute Gasteiger partial charge is 0.407 e. The summed E-state index contributed by atoms with van der Waals surface area (Å²) in [6.07, 6.45) is -6.43. The van der Waals surface area contributed by atoms with E-state index in [4.69, 9.17) is 23.7 Å². The number of alkyl carbamates (subject to hydrolysis) is 1. The molecule has 31 heavy (non-hydrogen) atoms. The molecular weight excluding hydrogens is 414 g/mol. The zero-order chi connectivity index (χ0) is 23.0. The number of carbonyl (C=O) groups is 4. The average Bonchev–Trinajstić information content (AvgIpc) is 2.70. The number of aliphatic hydroxyl groups is 1. The van der Waals surface area contributed by atoms with Gasteiger partial charge in [-0.15, -0.1) is 0 Å². The van der Waals surface area contributed by atoms with E-state index >= 15 is 0 Å². The normalized spacial score (nSPS) is 25.1. The summed E-state index contributed by atoms with van der Waals surface area (Å²) in [4.78, 5) is 46.7. The Balaban J connectivity index is 2.21. The Morgan fingerprint density at radius 1 is 0.935 bits per heavy atom. The van der Waals surface area contributed by atoms with Crippen molar-refractivity contribution in [1.29, 1.82) is 0 Å². The molecule has 1 aliphatic heterocycles. The summed E-state index contributed by atoms with van der Waals surface area (Å²) in [5.74, 6) is -2.13. The number of carbonyl (C=O) groups excluding carboxylic acids is 4. The van der Waals surface area contributed by atoms with Crippen molar-refractivity contribution >= 4 is 24.0 Å². The second kappa shape index (κ2) is 11.3. The van der Waals surface area contributed by atoms with Crippen molar-refractivity contribution in [2.24, 2.45) is 0 Å². The third kappa shape index (κ3) is 7.54. The third-order valence-corrected chi connectivity index (χ3v) is 4.22. The molecule has 170 valence electrons. The lowest BCUT2D eigenvalue weighted by Crippen LogP contribution is -2.66. The number of amides is 1. The Bertz CT molecular complexity index is 783. The van der Waals surface area contributed by atoms with Crippen LogP contribution in [0.1, 0.15) is 26.3 Å². The number of benzene rings is 1. The van der Waals surface area contributed by atoms with Gasteiger partial charge in [-0.3, -0.25) is 14.4 Å². The molecule has 1 heterocycles. The van der Waals surface area contributed by atoms with Crippen LogP contribution in [-0.2, 0) is 44.7 Å². The first-order valence-corrected chi connectivity index (χ1v) is 9.46. The molecule has 2 rings (SSSR count). The fourth-order valence-electron chi connectivity index (χ4n) is 2.99. The highest BCUT2D eigenvalue weighted by Gasteiger charge is 2.50. The first-order valence-electron chi connectivity index (χ1n) is 9.46. The summed E-state index contributed by atoms with van der Waals surface area (Å²) >= 11 is 0. The van der Waals surface area contributed by atoms with Crippen molar-refractivity contribution < 1.29 is 48.0 Å². The van der Waals surface area contributed by atoms with E-state index in [2.05, 4.69) is 5.32 Å². The van der Waals surface area contributed by atoms with Gasteiger partial charge in [0.15, 0.2) is 18.5 Å². The second-order valence-corrected chi connectivity index (χ2v) is 6.75. The van der Waals surface area contributed by atoms with Gasteiger partial charge in [0, 0.05) is 20.8 Å². The van der Waals surface area contributed by atoms with Gasteiger partial charge in [0.2, 0.25) is 0 Å². The minimum Gasteiger partial charge on any atom is -0.463 e. The van der Waals surface area contributed by atoms with Gasteiger partial charge in [-0.1, -0.05) is 30.3 Å². The molecule has 0 spiro atoms. The average molecular weight is 439 g/mol. The first kappa shape index (κ1) is 24.1. The maximum Gasteiger partial charge on any atom is 0.407 e. The quantitative estimate of drug-likeness (QED) is 0.453. The summed E-state index contributed by atoms with van der Waals surface area (Å²) in [7, 11) is 0. The molecule has 0 unspecified atom stereocenters. The summed E-state index contributed by atoms with van der Waals surface area (Å²) in [5, 5.41) is 12.8. The number of aliphatic hydroxyl groups excluding tert-OH is 1. The largest absolute Gasteiger partial charge is 0.463 e. The molecule has 2 N–H and O–H groups in total. The lowest BCUT2D eigenvalue weighted by Gasteiger charge is -2.43. The molecular formula is C20H25NO10. The van der Waals surface area contributed by atoms with Crippen molar-refractivity contribution in [3.05, 3.63) is 35.9 Å². The van der Waals surface area contributed by atoms with E-state index in [1.807, 2.05) is 6.07 Å². The molecule has 11 nitrogen and oxygen atoms in total. The van der Waals surface area contributed by atoms with Crippen molar-refractivity contribution in [2.45, 2.75) is 58.0 Å². The molecule has 0 saturated carbocycles. The topological polar surface area (TPSA) is 147 Å². The van der Waals surface area contributed by atoms with E-state index < -0.39 is 54.6 Å². The van der Waals surface area contributed by atoms with Crippen molar-refractivity contribution in [1.82, 2.24) is 5.32 Å². The van der Waals surface area contributed by atoms with Gasteiger partial charge in [-0.05, 0) is 5.56 Å². The number of rotatable bonds is 7. The second-order valence-electron chi connectivity index (χ2n) is 6.75. The summed E-state index contributed by atoms with van der Waals surface area (Å²) in [6.45, 7) is 2.96. The summed E-state index contributed by atoms with van der Waals surface area (Å²) in [5.41, 5.74) is 0.727. The molecule has 11 heteroatoms.